The summed E-state index contributed by atoms with van der Waals surface area (Å²) < 4.78 is 1.20. The molecule has 18 heavy (non-hydrogen) atoms. The first-order chi connectivity index (χ1) is 8.50. The number of amides is 1. The van der Waals surface area contributed by atoms with Crippen LogP contribution in [0.15, 0.2) is 23.0 Å². The minimum atomic E-state index is -1.04. The fourth-order valence-corrected chi connectivity index (χ4v) is 1.82. The van der Waals surface area contributed by atoms with E-state index in [2.05, 4.69) is 5.32 Å². The van der Waals surface area contributed by atoms with E-state index in [1.807, 2.05) is 0 Å². The van der Waals surface area contributed by atoms with Crippen molar-refractivity contribution in [3.8, 4) is 0 Å². The first kappa shape index (κ1) is 12.3. The van der Waals surface area contributed by atoms with Crippen LogP contribution in [0.4, 0.5) is 0 Å². The van der Waals surface area contributed by atoms with Gasteiger partial charge >= 0.3 is 5.97 Å². The number of hydrogen-bond donors (Lipinski definition) is 2. The molecule has 0 aromatic carbocycles. The lowest BCUT2D eigenvalue weighted by Crippen LogP contribution is -2.43. The fourth-order valence-electron chi connectivity index (χ4n) is 1.82. The highest BCUT2D eigenvalue weighted by Crippen LogP contribution is 2.32. The molecule has 0 radical (unpaired) electrons. The van der Waals surface area contributed by atoms with Gasteiger partial charge < -0.3 is 15.0 Å². The van der Waals surface area contributed by atoms with E-state index in [-0.39, 0.29) is 17.2 Å². The maximum Gasteiger partial charge on any atom is 0.326 e. The van der Waals surface area contributed by atoms with Crippen molar-refractivity contribution in [2.75, 3.05) is 0 Å². The Labute approximate surface area is 103 Å². The molecule has 1 heterocycles. The van der Waals surface area contributed by atoms with Crippen LogP contribution in [0.25, 0.3) is 0 Å². The van der Waals surface area contributed by atoms with Gasteiger partial charge in [-0.3, -0.25) is 9.59 Å². The molecule has 0 aliphatic heterocycles. The maximum absolute atomic E-state index is 11.9. The molecule has 6 heteroatoms. The van der Waals surface area contributed by atoms with Crippen molar-refractivity contribution in [3.05, 3.63) is 34.2 Å². The Balaban J connectivity index is 2.18. The normalized spacial score (nSPS) is 16.1. The third-order valence-corrected chi connectivity index (χ3v) is 3.06. The zero-order chi connectivity index (χ0) is 13.3. The van der Waals surface area contributed by atoms with Crippen molar-refractivity contribution in [2.45, 2.75) is 18.9 Å². The SMILES string of the molecule is Cn1c(C(=O)NC(C(=O)O)C2CC2)cccc1=O. The Kier molecular flexibility index (Phi) is 3.18. The quantitative estimate of drug-likeness (QED) is 0.786. The molecule has 1 aromatic heterocycles. The molecule has 1 fully saturated rings. The van der Waals surface area contributed by atoms with E-state index in [4.69, 9.17) is 5.11 Å². The van der Waals surface area contributed by atoms with Crippen LogP contribution in [-0.4, -0.2) is 27.6 Å². The molecule has 1 unspecified atom stereocenters. The van der Waals surface area contributed by atoms with Crippen LogP contribution in [-0.2, 0) is 11.8 Å². The molecule has 1 aliphatic carbocycles. The van der Waals surface area contributed by atoms with E-state index >= 15 is 0 Å². The van der Waals surface area contributed by atoms with Crippen LogP contribution >= 0.6 is 0 Å². The zero-order valence-electron chi connectivity index (χ0n) is 9.92. The number of rotatable bonds is 4. The van der Waals surface area contributed by atoms with Gasteiger partial charge in [0.25, 0.3) is 11.5 Å². The second-order valence-electron chi connectivity index (χ2n) is 4.44. The fraction of sp³-hybridized carbons (Fsp3) is 0.417. The summed E-state index contributed by atoms with van der Waals surface area (Å²) in [4.78, 5) is 34.3. The summed E-state index contributed by atoms with van der Waals surface area (Å²) in [6.07, 6.45) is 1.62. The summed E-state index contributed by atoms with van der Waals surface area (Å²) in [6, 6.07) is 3.44. The first-order valence-electron chi connectivity index (χ1n) is 5.70. The number of carbonyl (C=O) groups excluding carboxylic acids is 1. The minimum absolute atomic E-state index is 0.00666. The van der Waals surface area contributed by atoms with Crippen LogP contribution in [0.1, 0.15) is 23.3 Å². The Hall–Kier alpha value is -2.11. The first-order valence-corrected chi connectivity index (χ1v) is 5.70. The monoisotopic (exact) mass is 250 g/mol. The third-order valence-electron chi connectivity index (χ3n) is 3.06. The highest BCUT2D eigenvalue weighted by atomic mass is 16.4. The summed E-state index contributed by atoms with van der Waals surface area (Å²) in [5.74, 6) is -1.56. The summed E-state index contributed by atoms with van der Waals surface area (Å²) in [5, 5.41) is 11.5. The number of carbonyl (C=O) groups is 2. The highest BCUT2D eigenvalue weighted by molar-refractivity contribution is 5.95. The summed E-state index contributed by atoms with van der Waals surface area (Å²) in [6.45, 7) is 0. The second-order valence-corrected chi connectivity index (χ2v) is 4.44. The summed E-state index contributed by atoms with van der Waals surface area (Å²) in [5.41, 5.74) is -0.143. The second kappa shape index (κ2) is 4.64. The van der Waals surface area contributed by atoms with E-state index in [1.165, 1.54) is 29.8 Å². The molecular formula is C12H14N2O4. The standard InChI is InChI=1S/C12H14N2O4/c1-14-8(3-2-4-9(14)15)11(16)13-10(12(17)18)7-5-6-7/h2-4,7,10H,5-6H2,1H3,(H,13,16)(H,17,18). The molecular weight excluding hydrogens is 236 g/mol. The number of nitrogens with zero attached hydrogens (tertiary/aromatic N) is 1. The minimum Gasteiger partial charge on any atom is -0.480 e. The lowest BCUT2D eigenvalue weighted by Gasteiger charge is -2.14. The molecule has 0 bridgehead atoms. The van der Waals surface area contributed by atoms with E-state index < -0.39 is 17.9 Å². The number of nitrogens with one attached hydrogen (secondary N) is 1. The Morgan fingerprint density at radius 2 is 2.11 bits per heavy atom. The smallest absolute Gasteiger partial charge is 0.326 e. The zero-order valence-corrected chi connectivity index (χ0v) is 9.92. The van der Waals surface area contributed by atoms with Crippen LogP contribution < -0.4 is 10.9 Å². The van der Waals surface area contributed by atoms with E-state index in [0.29, 0.717) is 0 Å². The largest absolute Gasteiger partial charge is 0.480 e. The third kappa shape index (κ3) is 2.42. The van der Waals surface area contributed by atoms with Crippen LogP contribution in [0.5, 0.6) is 0 Å². The van der Waals surface area contributed by atoms with Crippen LogP contribution in [0.3, 0.4) is 0 Å². The summed E-state index contributed by atoms with van der Waals surface area (Å²) in [7, 11) is 1.48. The topological polar surface area (TPSA) is 88.4 Å². The summed E-state index contributed by atoms with van der Waals surface area (Å²) >= 11 is 0. The van der Waals surface area contributed by atoms with E-state index in [9.17, 15) is 14.4 Å². The molecule has 2 N–H and O–H groups in total. The van der Waals surface area contributed by atoms with Crippen LogP contribution in [0, 0.1) is 5.92 Å². The molecule has 1 saturated carbocycles. The Morgan fingerprint density at radius 1 is 1.44 bits per heavy atom. The van der Waals surface area contributed by atoms with Gasteiger partial charge in [0.15, 0.2) is 0 Å². The average Bonchev–Trinajstić information content (AvgIpc) is 3.13. The van der Waals surface area contributed by atoms with Crippen molar-refractivity contribution >= 4 is 11.9 Å². The number of carboxylic acid groups (broad SMARTS) is 1. The lowest BCUT2D eigenvalue weighted by atomic mass is 10.2. The maximum atomic E-state index is 11.9. The van der Waals surface area contributed by atoms with Gasteiger partial charge in [0.2, 0.25) is 0 Å². The molecule has 1 aliphatic rings. The highest BCUT2D eigenvalue weighted by Gasteiger charge is 2.37. The van der Waals surface area contributed by atoms with E-state index in [0.717, 1.165) is 12.8 Å². The molecule has 6 nitrogen and oxygen atoms in total. The lowest BCUT2D eigenvalue weighted by molar-refractivity contribution is -0.139. The number of hydrogen-bond acceptors (Lipinski definition) is 3. The van der Waals surface area contributed by atoms with Gasteiger partial charge in [-0.25, -0.2) is 4.79 Å². The molecule has 0 saturated heterocycles. The van der Waals surface area contributed by atoms with Gasteiger partial charge in [-0.1, -0.05) is 6.07 Å². The molecule has 0 spiro atoms. The molecule has 2 rings (SSSR count). The van der Waals surface area contributed by atoms with Crippen molar-refractivity contribution in [2.24, 2.45) is 13.0 Å². The number of aliphatic carboxylic acids is 1. The van der Waals surface area contributed by atoms with Crippen LogP contribution in [0.2, 0.25) is 0 Å². The predicted octanol–water partition coefficient (Wildman–Crippen LogP) is -0.0217. The number of aromatic nitrogens is 1. The van der Waals surface area contributed by atoms with Gasteiger partial charge in [-0.2, -0.15) is 0 Å². The van der Waals surface area contributed by atoms with Gasteiger partial charge in [-0.15, -0.1) is 0 Å². The number of carboxylic acids is 1. The number of pyridine rings is 1. The Bertz CT molecular complexity index is 545. The molecule has 1 aromatic rings. The van der Waals surface area contributed by atoms with Gasteiger partial charge in [-0.05, 0) is 24.8 Å². The van der Waals surface area contributed by atoms with E-state index in [1.54, 1.807) is 0 Å². The van der Waals surface area contributed by atoms with Crippen molar-refractivity contribution in [1.82, 2.24) is 9.88 Å². The molecule has 1 amide bonds. The van der Waals surface area contributed by atoms with Crippen molar-refractivity contribution in [1.29, 1.82) is 0 Å². The molecule has 1 atom stereocenters. The van der Waals surface area contributed by atoms with Crippen molar-refractivity contribution in [3.63, 3.8) is 0 Å². The molecule has 96 valence electrons. The van der Waals surface area contributed by atoms with Crippen molar-refractivity contribution < 1.29 is 14.7 Å². The average molecular weight is 250 g/mol. The predicted molar refractivity (Wildman–Crippen MR) is 63.3 cm³/mol. The van der Waals surface area contributed by atoms with Gasteiger partial charge in [0.1, 0.15) is 11.7 Å². The Morgan fingerprint density at radius 3 is 2.67 bits per heavy atom. The van der Waals surface area contributed by atoms with Gasteiger partial charge in [0, 0.05) is 13.1 Å². The van der Waals surface area contributed by atoms with Gasteiger partial charge in [0.05, 0.1) is 0 Å².